The van der Waals surface area contributed by atoms with Gasteiger partial charge in [0.05, 0.1) is 0 Å². The molecular formula is C14H18N2O. The van der Waals surface area contributed by atoms with E-state index in [4.69, 9.17) is 0 Å². The normalized spacial score (nSPS) is 20.1. The molecule has 1 saturated carbocycles. The summed E-state index contributed by atoms with van der Waals surface area (Å²) in [5.41, 5.74) is 3.24. The molecule has 2 N–H and O–H groups in total. The van der Waals surface area contributed by atoms with Crippen molar-refractivity contribution < 1.29 is 4.79 Å². The Kier molecular flexibility index (Phi) is 2.35. The monoisotopic (exact) mass is 230 g/mol. The lowest BCUT2D eigenvalue weighted by Gasteiger charge is -2.39. The summed E-state index contributed by atoms with van der Waals surface area (Å²) in [6, 6.07) is 5.97. The standard InChI is InChI=1S/C14H18N2O/c1-14(6-2-7-14)16-13(17)11-4-3-10-5-8-15-12(10)9-11/h3-4,9,15H,2,5-8H2,1H3,(H,16,17). The number of carbonyl (C=O) groups excluding carboxylic acids is 1. The van der Waals surface area contributed by atoms with Crippen molar-refractivity contribution in [2.24, 2.45) is 0 Å². The maximum Gasteiger partial charge on any atom is 0.251 e. The molecule has 0 atom stereocenters. The Balaban J connectivity index is 1.77. The van der Waals surface area contributed by atoms with Gasteiger partial charge >= 0.3 is 0 Å². The van der Waals surface area contributed by atoms with Crippen molar-refractivity contribution in [3.05, 3.63) is 29.3 Å². The molecule has 1 amide bonds. The van der Waals surface area contributed by atoms with Crippen LogP contribution in [0, 0.1) is 0 Å². The first-order chi connectivity index (χ1) is 8.16. The highest BCUT2D eigenvalue weighted by Crippen LogP contribution is 2.31. The van der Waals surface area contributed by atoms with E-state index in [1.54, 1.807) is 0 Å². The molecule has 0 spiro atoms. The molecule has 90 valence electrons. The summed E-state index contributed by atoms with van der Waals surface area (Å²) in [4.78, 5) is 12.1. The fourth-order valence-corrected chi connectivity index (χ4v) is 2.61. The first kappa shape index (κ1) is 10.6. The van der Waals surface area contributed by atoms with Crippen LogP contribution in [0.5, 0.6) is 0 Å². The number of fused-ring (bicyclic) bond motifs is 1. The van der Waals surface area contributed by atoms with Gasteiger partial charge in [-0.15, -0.1) is 0 Å². The molecular weight excluding hydrogens is 212 g/mol. The van der Waals surface area contributed by atoms with Crippen LogP contribution in [-0.2, 0) is 6.42 Å². The lowest BCUT2D eigenvalue weighted by atomic mass is 9.78. The van der Waals surface area contributed by atoms with E-state index in [0.29, 0.717) is 0 Å². The van der Waals surface area contributed by atoms with Gasteiger partial charge in [-0.2, -0.15) is 0 Å². The topological polar surface area (TPSA) is 41.1 Å². The summed E-state index contributed by atoms with van der Waals surface area (Å²) in [5, 5.41) is 6.44. The molecule has 2 aliphatic rings. The van der Waals surface area contributed by atoms with Crippen LogP contribution in [0.3, 0.4) is 0 Å². The number of hydrogen-bond donors (Lipinski definition) is 2. The second-order valence-electron chi connectivity index (χ2n) is 5.42. The van der Waals surface area contributed by atoms with Gasteiger partial charge in [-0.25, -0.2) is 0 Å². The van der Waals surface area contributed by atoms with E-state index in [0.717, 1.165) is 37.1 Å². The molecule has 1 aliphatic carbocycles. The molecule has 1 aliphatic heterocycles. The van der Waals surface area contributed by atoms with Crippen molar-refractivity contribution in [3.63, 3.8) is 0 Å². The van der Waals surface area contributed by atoms with Gasteiger partial charge < -0.3 is 10.6 Å². The second-order valence-corrected chi connectivity index (χ2v) is 5.42. The molecule has 0 unspecified atom stereocenters. The number of benzene rings is 1. The molecule has 0 radical (unpaired) electrons. The minimum Gasteiger partial charge on any atom is -0.384 e. The van der Waals surface area contributed by atoms with Crippen molar-refractivity contribution in [2.45, 2.75) is 38.1 Å². The van der Waals surface area contributed by atoms with Crippen LogP contribution in [-0.4, -0.2) is 18.0 Å². The second kappa shape index (κ2) is 3.76. The molecule has 3 nitrogen and oxygen atoms in total. The number of rotatable bonds is 2. The highest BCUT2D eigenvalue weighted by atomic mass is 16.1. The molecule has 3 heteroatoms. The Morgan fingerprint density at radius 1 is 1.41 bits per heavy atom. The Morgan fingerprint density at radius 2 is 2.24 bits per heavy atom. The Labute approximate surface area is 102 Å². The van der Waals surface area contributed by atoms with E-state index in [9.17, 15) is 4.79 Å². The lowest BCUT2D eigenvalue weighted by Crippen LogP contribution is -2.50. The highest BCUT2D eigenvalue weighted by molar-refractivity contribution is 5.96. The van der Waals surface area contributed by atoms with E-state index in [1.807, 2.05) is 12.1 Å². The van der Waals surface area contributed by atoms with E-state index < -0.39 is 0 Å². The number of hydrogen-bond acceptors (Lipinski definition) is 2. The van der Waals surface area contributed by atoms with Gasteiger partial charge in [0.25, 0.3) is 5.91 Å². The van der Waals surface area contributed by atoms with Crippen LogP contribution in [0.15, 0.2) is 18.2 Å². The molecule has 0 bridgehead atoms. The number of anilines is 1. The van der Waals surface area contributed by atoms with Gasteiger partial charge in [0.2, 0.25) is 0 Å². The van der Waals surface area contributed by atoms with Gasteiger partial charge in [0, 0.05) is 23.3 Å². The smallest absolute Gasteiger partial charge is 0.251 e. The van der Waals surface area contributed by atoms with Gasteiger partial charge in [-0.1, -0.05) is 6.07 Å². The average Bonchev–Trinajstić information content (AvgIpc) is 2.73. The Morgan fingerprint density at radius 3 is 2.94 bits per heavy atom. The summed E-state index contributed by atoms with van der Waals surface area (Å²) >= 11 is 0. The largest absolute Gasteiger partial charge is 0.384 e. The third-order valence-electron chi connectivity index (χ3n) is 3.95. The summed E-state index contributed by atoms with van der Waals surface area (Å²) in [6.45, 7) is 3.11. The van der Waals surface area contributed by atoms with Crippen molar-refractivity contribution in [1.82, 2.24) is 5.32 Å². The third-order valence-corrected chi connectivity index (χ3v) is 3.95. The van der Waals surface area contributed by atoms with Crippen LogP contribution in [0.4, 0.5) is 5.69 Å². The fraction of sp³-hybridized carbons (Fsp3) is 0.500. The highest BCUT2D eigenvalue weighted by Gasteiger charge is 2.33. The first-order valence-corrected chi connectivity index (χ1v) is 6.36. The Hall–Kier alpha value is -1.51. The zero-order chi connectivity index (χ0) is 11.9. The zero-order valence-corrected chi connectivity index (χ0v) is 10.2. The van der Waals surface area contributed by atoms with Crippen LogP contribution in [0.1, 0.15) is 42.1 Å². The molecule has 0 saturated heterocycles. The quantitative estimate of drug-likeness (QED) is 0.818. The number of nitrogens with one attached hydrogen (secondary N) is 2. The van der Waals surface area contributed by atoms with Gasteiger partial charge in [-0.3, -0.25) is 4.79 Å². The van der Waals surface area contributed by atoms with Crippen LogP contribution in [0.2, 0.25) is 0 Å². The van der Waals surface area contributed by atoms with Crippen LogP contribution in [0.25, 0.3) is 0 Å². The van der Waals surface area contributed by atoms with Crippen molar-refractivity contribution in [2.75, 3.05) is 11.9 Å². The maximum atomic E-state index is 12.1. The lowest BCUT2D eigenvalue weighted by molar-refractivity contribution is 0.0850. The van der Waals surface area contributed by atoms with Crippen molar-refractivity contribution in [1.29, 1.82) is 0 Å². The third kappa shape index (κ3) is 1.90. The predicted molar refractivity (Wildman–Crippen MR) is 68.4 cm³/mol. The van der Waals surface area contributed by atoms with Crippen molar-refractivity contribution in [3.8, 4) is 0 Å². The summed E-state index contributed by atoms with van der Waals surface area (Å²) < 4.78 is 0. The molecule has 1 fully saturated rings. The minimum atomic E-state index is 0.0313. The SMILES string of the molecule is CC1(NC(=O)c2ccc3c(c2)NCC3)CCC1. The molecule has 1 aromatic carbocycles. The van der Waals surface area contributed by atoms with Crippen LogP contribution >= 0.6 is 0 Å². The summed E-state index contributed by atoms with van der Waals surface area (Å²) in [5.74, 6) is 0.0590. The van der Waals surface area contributed by atoms with E-state index in [-0.39, 0.29) is 11.4 Å². The zero-order valence-electron chi connectivity index (χ0n) is 10.2. The fourth-order valence-electron chi connectivity index (χ4n) is 2.61. The van der Waals surface area contributed by atoms with E-state index in [1.165, 1.54) is 12.0 Å². The maximum absolute atomic E-state index is 12.1. The first-order valence-electron chi connectivity index (χ1n) is 6.36. The molecule has 3 rings (SSSR count). The molecule has 1 heterocycles. The van der Waals surface area contributed by atoms with Gasteiger partial charge in [0.1, 0.15) is 0 Å². The van der Waals surface area contributed by atoms with Gasteiger partial charge in [0.15, 0.2) is 0 Å². The average molecular weight is 230 g/mol. The van der Waals surface area contributed by atoms with Gasteiger partial charge in [-0.05, 0) is 50.3 Å². The van der Waals surface area contributed by atoms with Crippen molar-refractivity contribution >= 4 is 11.6 Å². The van der Waals surface area contributed by atoms with E-state index in [2.05, 4.69) is 23.6 Å². The summed E-state index contributed by atoms with van der Waals surface area (Å²) in [7, 11) is 0. The molecule has 1 aromatic rings. The number of carbonyl (C=O) groups is 1. The Bertz CT molecular complexity index is 463. The molecule has 0 aromatic heterocycles. The summed E-state index contributed by atoms with van der Waals surface area (Å²) in [6.07, 6.45) is 4.49. The van der Waals surface area contributed by atoms with Crippen LogP contribution < -0.4 is 10.6 Å². The predicted octanol–water partition coefficient (Wildman–Crippen LogP) is 2.33. The minimum absolute atomic E-state index is 0.0313. The van der Waals surface area contributed by atoms with E-state index >= 15 is 0 Å². The number of amides is 1. The molecule has 17 heavy (non-hydrogen) atoms.